The summed E-state index contributed by atoms with van der Waals surface area (Å²) in [5.41, 5.74) is 0.630. The number of amides is 2. The molecule has 1 aliphatic heterocycles. The Morgan fingerprint density at radius 3 is 2.32 bits per heavy atom. The fourth-order valence-electron chi connectivity index (χ4n) is 2.43. The molecule has 1 heterocycles. The Morgan fingerprint density at radius 1 is 1.05 bits per heavy atom. The number of carbonyl (C=O) groups is 2. The SMILES string of the molecule is CCOC(=O)N1CCCN(C(=O)c2ccc(OC)cc2)CC1. The normalized spacial score (nSPS) is 15.2. The minimum Gasteiger partial charge on any atom is -0.497 e. The summed E-state index contributed by atoms with van der Waals surface area (Å²) in [6.45, 7) is 4.43. The van der Waals surface area contributed by atoms with Gasteiger partial charge >= 0.3 is 6.09 Å². The molecule has 0 saturated carbocycles. The van der Waals surface area contributed by atoms with Crippen molar-refractivity contribution in [2.45, 2.75) is 13.3 Å². The van der Waals surface area contributed by atoms with Gasteiger partial charge in [-0.3, -0.25) is 4.79 Å². The van der Waals surface area contributed by atoms with E-state index in [0.717, 1.165) is 12.2 Å². The van der Waals surface area contributed by atoms with Crippen molar-refractivity contribution in [1.82, 2.24) is 9.80 Å². The number of methoxy groups -OCH3 is 1. The highest BCUT2D eigenvalue weighted by Gasteiger charge is 2.23. The molecule has 0 radical (unpaired) electrons. The number of hydrogen-bond donors (Lipinski definition) is 0. The summed E-state index contributed by atoms with van der Waals surface area (Å²) in [7, 11) is 1.59. The van der Waals surface area contributed by atoms with E-state index in [2.05, 4.69) is 0 Å². The zero-order valence-corrected chi connectivity index (χ0v) is 13.1. The van der Waals surface area contributed by atoms with E-state index in [4.69, 9.17) is 9.47 Å². The van der Waals surface area contributed by atoms with Crippen LogP contribution in [-0.2, 0) is 4.74 Å². The predicted molar refractivity (Wildman–Crippen MR) is 82.1 cm³/mol. The van der Waals surface area contributed by atoms with Gasteiger partial charge in [0.25, 0.3) is 5.91 Å². The van der Waals surface area contributed by atoms with Crippen molar-refractivity contribution >= 4 is 12.0 Å². The minimum absolute atomic E-state index is 0.0200. The Morgan fingerprint density at radius 2 is 1.68 bits per heavy atom. The van der Waals surface area contributed by atoms with E-state index in [0.29, 0.717) is 38.3 Å². The molecule has 1 aromatic carbocycles. The number of ether oxygens (including phenoxy) is 2. The summed E-state index contributed by atoms with van der Waals surface area (Å²) in [5.74, 6) is 0.703. The van der Waals surface area contributed by atoms with E-state index >= 15 is 0 Å². The first kappa shape index (κ1) is 16.1. The van der Waals surface area contributed by atoms with Crippen LogP contribution in [0.1, 0.15) is 23.7 Å². The van der Waals surface area contributed by atoms with Gasteiger partial charge in [0.1, 0.15) is 5.75 Å². The van der Waals surface area contributed by atoms with Crippen molar-refractivity contribution in [3.63, 3.8) is 0 Å². The van der Waals surface area contributed by atoms with Gasteiger partial charge in [-0.05, 0) is 37.6 Å². The first-order valence-corrected chi connectivity index (χ1v) is 7.50. The van der Waals surface area contributed by atoms with Gasteiger partial charge in [-0.25, -0.2) is 4.79 Å². The largest absolute Gasteiger partial charge is 0.497 e. The van der Waals surface area contributed by atoms with Crippen LogP contribution in [0.4, 0.5) is 4.79 Å². The monoisotopic (exact) mass is 306 g/mol. The highest BCUT2D eigenvalue weighted by Crippen LogP contribution is 2.14. The lowest BCUT2D eigenvalue weighted by Crippen LogP contribution is -2.37. The zero-order valence-electron chi connectivity index (χ0n) is 13.1. The van der Waals surface area contributed by atoms with Crippen molar-refractivity contribution in [1.29, 1.82) is 0 Å². The Bertz CT molecular complexity index is 515. The second-order valence-corrected chi connectivity index (χ2v) is 5.06. The van der Waals surface area contributed by atoms with Crippen molar-refractivity contribution in [3.05, 3.63) is 29.8 Å². The maximum absolute atomic E-state index is 12.5. The van der Waals surface area contributed by atoms with Gasteiger partial charge in [0.05, 0.1) is 13.7 Å². The maximum Gasteiger partial charge on any atom is 0.409 e. The topological polar surface area (TPSA) is 59.1 Å². The molecule has 0 aromatic heterocycles. The fraction of sp³-hybridized carbons (Fsp3) is 0.500. The summed E-state index contributed by atoms with van der Waals surface area (Å²) in [6.07, 6.45) is 0.446. The van der Waals surface area contributed by atoms with E-state index in [1.54, 1.807) is 48.1 Å². The molecule has 0 aliphatic carbocycles. The maximum atomic E-state index is 12.5. The molecule has 0 unspecified atom stereocenters. The lowest BCUT2D eigenvalue weighted by atomic mass is 10.2. The average Bonchev–Trinajstić information content (AvgIpc) is 2.80. The van der Waals surface area contributed by atoms with Crippen LogP contribution < -0.4 is 4.74 Å². The summed E-state index contributed by atoms with van der Waals surface area (Å²) >= 11 is 0. The molecule has 6 heteroatoms. The highest BCUT2D eigenvalue weighted by molar-refractivity contribution is 5.94. The molecular formula is C16H22N2O4. The quantitative estimate of drug-likeness (QED) is 0.857. The number of carbonyl (C=O) groups excluding carboxylic acids is 2. The number of benzene rings is 1. The molecule has 1 fully saturated rings. The lowest BCUT2D eigenvalue weighted by Gasteiger charge is -2.21. The van der Waals surface area contributed by atoms with Crippen molar-refractivity contribution in [2.24, 2.45) is 0 Å². The van der Waals surface area contributed by atoms with Crippen LogP contribution in [0.5, 0.6) is 5.75 Å². The Labute approximate surface area is 130 Å². The Balaban J connectivity index is 1.97. The van der Waals surface area contributed by atoms with E-state index in [-0.39, 0.29) is 12.0 Å². The van der Waals surface area contributed by atoms with Crippen LogP contribution in [0, 0.1) is 0 Å². The van der Waals surface area contributed by atoms with Gasteiger partial charge in [-0.15, -0.1) is 0 Å². The van der Waals surface area contributed by atoms with Gasteiger partial charge in [0.15, 0.2) is 0 Å². The van der Waals surface area contributed by atoms with Crippen LogP contribution >= 0.6 is 0 Å². The predicted octanol–water partition coefficient (Wildman–Crippen LogP) is 2.00. The molecule has 120 valence electrons. The van der Waals surface area contributed by atoms with Gasteiger partial charge in [0, 0.05) is 31.7 Å². The molecule has 0 spiro atoms. The van der Waals surface area contributed by atoms with Crippen LogP contribution in [0.2, 0.25) is 0 Å². The number of hydrogen-bond acceptors (Lipinski definition) is 4. The van der Waals surface area contributed by atoms with Crippen LogP contribution in [0.3, 0.4) is 0 Å². The van der Waals surface area contributed by atoms with Crippen molar-refractivity contribution in [3.8, 4) is 5.75 Å². The second kappa shape index (κ2) is 7.68. The molecule has 6 nitrogen and oxygen atoms in total. The number of rotatable bonds is 3. The summed E-state index contributed by atoms with van der Waals surface area (Å²) in [5, 5.41) is 0. The molecule has 22 heavy (non-hydrogen) atoms. The Hall–Kier alpha value is -2.24. The summed E-state index contributed by atoms with van der Waals surface area (Å²) in [6, 6.07) is 7.07. The Kier molecular flexibility index (Phi) is 5.63. The van der Waals surface area contributed by atoms with E-state index < -0.39 is 0 Å². The van der Waals surface area contributed by atoms with E-state index in [1.165, 1.54) is 0 Å². The summed E-state index contributed by atoms with van der Waals surface area (Å²) in [4.78, 5) is 27.7. The molecule has 0 bridgehead atoms. The highest BCUT2D eigenvalue weighted by atomic mass is 16.6. The van der Waals surface area contributed by atoms with Gasteiger partial charge < -0.3 is 19.3 Å². The van der Waals surface area contributed by atoms with Crippen LogP contribution in [-0.4, -0.2) is 61.7 Å². The van der Waals surface area contributed by atoms with Crippen molar-refractivity contribution < 1.29 is 19.1 Å². The first-order chi connectivity index (χ1) is 10.7. The van der Waals surface area contributed by atoms with E-state index in [1.807, 2.05) is 0 Å². The standard InChI is InChI=1S/C16H22N2O4/c1-3-22-16(20)18-10-4-9-17(11-12-18)15(19)13-5-7-14(21-2)8-6-13/h5-8H,3-4,9-12H2,1-2H3. The van der Waals surface area contributed by atoms with Gasteiger partial charge in [-0.2, -0.15) is 0 Å². The third-order valence-corrected chi connectivity index (χ3v) is 3.65. The molecule has 1 aromatic rings. The van der Waals surface area contributed by atoms with Gasteiger partial charge in [-0.1, -0.05) is 0 Å². The third kappa shape index (κ3) is 3.90. The van der Waals surface area contributed by atoms with Gasteiger partial charge in [0.2, 0.25) is 0 Å². The zero-order chi connectivity index (χ0) is 15.9. The second-order valence-electron chi connectivity index (χ2n) is 5.06. The average molecular weight is 306 g/mol. The molecule has 2 amide bonds. The molecule has 1 saturated heterocycles. The molecule has 0 N–H and O–H groups in total. The lowest BCUT2D eigenvalue weighted by molar-refractivity contribution is 0.0753. The minimum atomic E-state index is -0.304. The fourth-order valence-corrected chi connectivity index (χ4v) is 2.43. The number of nitrogens with zero attached hydrogens (tertiary/aromatic N) is 2. The van der Waals surface area contributed by atoms with E-state index in [9.17, 15) is 9.59 Å². The molecule has 2 rings (SSSR count). The van der Waals surface area contributed by atoms with Crippen LogP contribution in [0.15, 0.2) is 24.3 Å². The molecular weight excluding hydrogens is 284 g/mol. The summed E-state index contributed by atoms with van der Waals surface area (Å²) < 4.78 is 10.1. The smallest absolute Gasteiger partial charge is 0.409 e. The van der Waals surface area contributed by atoms with Crippen molar-refractivity contribution in [2.75, 3.05) is 39.9 Å². The molecule has 1 aliphatic rings. The third-order valence-electron chi connectivity index (χ3n) is 3.65. The van der Waals surface area contributed by atoms with Crippen LogP contribution in [0.25, 0.3) is 0 Å². The molecule has 0 atom stereocenters. The first-order valence-electron chi connectivity index (χ1n) is 7.50.